The van der Waals surface area contributed by atoms with Crippen molar-refractivity contribution in [1.82, 2.24) is 0 Å². The Bertz CT molecular complexity index is 637. The van der Waals surface area contributed by atoms with E-state index in [9.17, 15) is 0 Å². The van der Waals surface area contributed by atoms with Gasteiger partial charge in [0.1, 0.15) is 0 Å². The number of nitrogens with zero attached hydrogens (tertiary/aromatic N) is 1. The summed E-state index contributed by atoms with van der Waals surface area (Å²) in [6.45, 7) is 3.26. The summed E-state index contributed by atoms with van der Waals surface area (Å²) in [5, 5.41) is 0.874. The van der Waals surface area contributed by atoms with Crippen molar-refractivity contribution in [3.8, 4) is 0 Å². The zero-order chi connectivity index (χ0) is 14.1. The van der Waals surface area contributed by atoms with Gasteiger partial charge in [-0.15, -0.1) is 0 Å². The van der Waals surface area contributed by atoms with Gasteiger partial charge in [0.15, 0.2) is 0 Å². The van der Waals surface area contributed by atoms with E-state index in [2.05, 4.69) is 80.1 Å². The molecule has 0 spiro atoms. The topological polar surface area (TPSA) is 3.24 Å². The molecule has 0 saturated heterocycles. The van der Waals surface area contributed by atoms with Gasteiger partial charge in [0.2, 0.25) is 0 Å². The van der Waals surface area contributed by atoms with Crippen molar-refractivity contribution in [2.45, 2.75) is 25.1 Å². The SMILES string of the molecule is Cc1ccc2c(c1)CCCN2c1ccc(Br)cc1CBr. The standard InChI is InChI=1S/C17H17Br2N/c1-12-4-6-16-13(9-12)3-2-8-20(16)17-7-5-15(19)10-14(17)11-18/h4-7,9-10H,2-3,8,11H2,1H3. The van der Waals surface area contributed by atoms with Crippen molar-refractivity contribution in [3.05, 3.63) is 57.6 Å². The Morgan fingerprint density at radius 2 is 1.90 bits per heavy atom. The highest BCUT2D eigenvalue weighted by Crippen LogP contribution is 2.37. The Kier molecular flexibility index (Phi) is 4.18. The normalized spacial score (nSPS) is 14.2. The molecule has 1 nitrogen and oxygen atoms in total. The molecule has 2 aromatic carbocycles. The van der Waals surface area contributed by atoms with Crippen LogP contribution in [0.4, 0.5) is 11.4 Å². The fourth-order valence-electron chi connectivity index (χ4n) is 2.90. The molecule has 0 saturated carbocycles. The molecule has 0 N–H and O–H groups in total. The molecule has 0 amide bonds. The van der Waals surface area contributed by atoms with Crippen LogP contribution in [-0.4, -0.2) is 6.54 Å². The van der Waals surface area contributed by atoms with Gasteiger partial charge in [-0.25, -0.2) is 0 Å². The average Bonchev–Trinajstić information content (AvgIpc) is 2.46. The third-order valence-electron chi connectivity index (χ3n) is 3.83. The molecule has 0 unspecified atom stereocenters. The fourth-order valence-corrected chi connectivity index (χ4v) is 3.76. The van der Waals surface area contributed by atoms with E-state index in [4.69, 9.17) is 0 Å². The Morgan fingerprint density at radius 3 is 2.70 bits per heavy atom. The van der Waals surface area contributed by atoms with Crippen LogP contribution in [0.5, 0.6) is 0 Å². The van der Waals surface area contributed by atoms with Crippen LogP contribution in [0.2, 0.25) is 0 Å². The lowest BCUT2D eigenvalue weighted by atomic mass is 9.98. The van der Waals surface area contributed by atoms with Gasteiger partial charge in [-0.05, 0) is 55.2 Å². The number of alkyl halides is 1. The van der Waals surface area contributed by atoms with Crippen LogP contribution >= 0.6 is 31.9 Å². The number of halogens is 2. The first-order chi connectivity index (χ1) is 9.69. The van der Waals surface area contributed by atoms with Gasteiger partial charge in [-0.3, -0.25) is 0 Å². The maximum atomic E-state index is 3.61. The van der Waals surface area contributed by atoms with Gasteiger partial charge < -0.3 is 4.90 Å². The molecule has 1 heterocycles. The molecule has 3 rings (SSSR count). The van der Waals surface area contributed by atoms with E-state index >= 15 is 0 Å². The molecule has 0 radical (unpaired) electrons. The lowest BCUT2D eigenvalue weighted by Gasteiger charge is -2.33. The number of fused-ring (bicyclic) bond motifs is 1. The highest BCUT2D eigenvalue weighted by molar-refractivity contribution is 9.10. The van der Waals surface area contributed by atoms with Gasteiger partial charge >= 0.3 is 0 Å². The number of benzene rings is 2. The third-order valence-corrected chi connectivity index (χ3v) is 4.93. The van der Waals surface area contributed by atoms with Crippen molar-refractivity contribution in [1.29, 1.82) is 0 Å². The molecule has 2 aromatic rings. The van der Waals surface area contributed by atoms with Crippen LogP contribution in [0.15, 0.2) is 40.9 Å². The molecule has 1 aliphatic heterocycles. The Balaban J connectivity index is 2.09. The summed E-state index contributed by atoms with van der Waals surface area (Å²) < 4.78 is 1.14. The van der Waals surface area contributed by atoms with Gasteiger partial charge in [-0.2, -0.15) is 0 Å². The van der Waals surface area contributed by atoms with Crippen molar-refractivity contribution < 1.29 is 0 Å². The molecule has 1 aliphatic rings. The van der Waals surface area contributed by atoms with E-state index in [0.717, 1.165) is 16.3 Å². The van der Waals surface area contributed by atoms with Crippen LogP contribution in [-0.2, 0) is 11.8 Å². The molecule has 0 bridgehead atoms. The number of rotatable bonds is 2. The minimum Gasteiger partial charge on any atom is -0.341 e. The molecular formula is C17H17Br2N. The molecule has 0 aliphatic carbocycles. The summed E-state index contributed by atoms with van der Waals surface area (Å²) in [5.74, 6) is 0. The molecule has 3 heteroatoms. The minimum absolute atomic E-state index is 0.874. The molecule has 20 heavy (non-hydrogen) atoms. The zero-order valence-electron chi connectivity index (χ0n) is 11.5. The van der Waals surface area contributed by atoms with E-state index in [0.29, 0.717) is 0 Å². The largest absolute Gasteiger partial charge is 0.341 e. The maximum absolute atomic E-state index is 3.61. The number of hydrogen-bond acceptors (Lipinski definition) is 1. The van der Waals surface area contributed by atoms with Gasteiger partial charge in [-0.1, -0.05) is 49.6 Å². The Labute approximate surface area is 137 Å². The minimum atomic E-state index is 0.874. The van der Waals surface area contributed by atoms with E-state index in [1.807, 2.05) is 0 Å². The van der Waals surface area contributed by atoms with Crippen LogP contribution < -0.4 is 4.90 Å². The molecular weight excluding hydrogens is 378 g/mol. The van der Waals surface area contributed by atoms with E-state index in [1.165, 1.54) is 40.9 Å². The Morgan fingerprint density at radius 1 is 1.10 bits per heavy atom. The van der Waals surface area contributed by atoms with Crippen molar-refractivity contribution in [3.63, 3.8) is 0 Å². The molecule has 0 fully saturated rings. The van der Waals surface area contributed by atoms with Gasteiger partial charge in [0, 0.05) is 27.7 Å². The van der Waals surface area contributed by atoms with Crippen molar-refractivity contribution >= 4 is 43.2 Å². The summed E-state index contributed by atoms with van der Waals surface area (Å²) in [6, 6.07) is 13.4. The summed E-state index contributed by atoms with van der Waals surface area (Å²) in [7, 11) is 0. The maximum Gasteiger partial charge on any atom is 0.0452 e. The molecule has 0 aromatic heterocycles. The third kappa shape index (κ3) is 2.66. The van der Waals surface area contributed by atoms with E-state index in [-0.39, 0.29) is 0 Å². The predicted octanol–water partition coefficient (Wildman–Crippen LogP) is 5.74. The van der Waals surface area contributed by atoms with Gasteiger partial charge in [0.25, 0.3) is 0 Å². The summed E-state index contributed by atoms with van der Waals surface area (Å²) in [4.78, 5) is 2.46. The Hall–Kier alpha value is -0.800. The van der Waals surface area contributed by atoms with Crippen LogP contribution in [0.25, 0.3) is 0 Å². The summed E-state index contributed by atoms with van der Waals surface area (Å²) in [5.41, 5.74) is 6.83. The van der Waals surface area contributed by atoms with Crippen LogP contribution in [0, 0.1) is 6.92 Å². The second kappa shape index (κ2) is 5.90. The fraction of sp³-hybridized carbons (Fsp3) is 0.294. The summed E-state index contributed by atoms with van der Waals surface area (Å²) >= 11 is 7.18. The van der Waals surface area contributed by atoms with E-state index < -0.39 is 0 Å². The number of anilines is 2. The molecule has 104 valence electrons. The second-order valence-corrected chi connectivity index (χ2v) is 6.77. The van der Waals surface area contributed by atoms with Crippen molar-refractivity contribution in [2.75, 3.05) is 11.4 Å². The lowest BCUT2D eigenvalue weighted by molar-refractivity contribution is 0.764. The van der Waals surface area contributed by atoms with E-state index in [1.54, 1.807) is 0 Å². The number of hydrogen-bond donors (Lipinski definition) is 0. The zero-order valence-corrected chi connectivity index (χ0v) is 14.7. The predicted molar refractivity (Wildman–Crippen MR) is 93.3 cm³/mol. The lowest BCUT2D eigenvalue weighted by Crippen LogP contribution is -2.25. The highest BCUT2D eigenvalue weighted by Gasteiger charge is 2.20. The first kappa shape index (κ1) is 14.2. The second-order valence-electron chi connectivity index (χ2n) is 5.29. The summed E-state index contributed by atoms with van der Waals surface area (Å²) in [6.07, 6.45) is 2.40. The molecule has 0 atom stereocenters. The quantitative estimate of drug-likeness (QED) is 0.587. The highest BCUT2D eigenvalue weighted by atomic mass is 79.9. The smallest absolute Gasteiger partial charge is 0.0452 e. The van der Waals surface area contributed by atoms with Crippen molar-refractivity contribution in [2.24, 2.45) is 0 Å². The van der Waals surface area contributed by atoms with Crippen LogP contribution in [0.1, 0.15) is 23.1 Å². The number of aryl methyl sites for hydroxylation is 2. The first-order valence-electron chi connectivity index (χ1n) is 6.90. The monoisotopic (exact) mass is 393 g/mol. The van der Waals surface area contributed by atoms with Gasteiger partial charge in [0.05, 0.1) is 0 Å². The first-order valence-corrected chi connectivity index (χ1v) is 8.82. The average molecular weight is 395 g/mol. The van der Waals surface area contributed by atoms with Crippen LogP contribution in [0.3, 0.4) is 0 Å².